The molecule has 2 heterocycles. The number of hydrogen-bond acceptors (Lipinski definition) is 7. The summed E-state index contributed by atoms with van der Waals surface area (Å²) >= 11 is 0. The number of ketones is 2. The lowest BCUT2D eigenvalue weighted by Gasteiger charge is -2.60. The van der Waals surface area contributed by atoms with Crippen molar-refractivity contribution in [1.29, 1.82) is 0 Å². The molecule has 2 aliphatic heterocycles. The Hall–Kier alpha value is -2.64. The van der Waals surface area contributed by atoms with Crippen LogP contribution in [0.2, 0.25) is 0 Å². The Morgan fingerprint density at radius 3 is 2.50 bits per heavy atom. The van der Waals surface area contributed by atoms with E-state index in [2.05, 4.69) is 6.58 Å². The van der Waals surface area contributed by atoms with Gasteiger partial charge in [-0.25, -0.2) is 0 Å². The van der Waals surface area contributed by atoms with Crippen molar-refractivity contribution in [3.63, 3.8) is 0 Å². The molecular weight excluding hydrogens is 460 g/mol. The number of carbonyl (C=O) groups excluding carboxylic acids is 2. The Morgan fingerprint density at radius 1 is 1.25 bits per heavy atom. The van der Waals surface area contributed by atoms with Crippen molar-refractivity contribution in [1.82, 2.24) is 0 Å². The van der Waals surface area contributed by atoms with Crippen LogP contribution in [0.1, 0.15) is 70.3 Å². The summed E-state index contributed by atoms with van der Waals surface area (Å²) in [6.07, 6.45) is 3.64. The molecule has 3 aliphatic carbocycles. The van der Waals surface area contributed by atoms with Crippen LogP contribution in [0.4, 0.5) is 0 Å². The number of phenols is 2. The second kappa shape index (κ2) is 7.45. The van der Waals surface area contributed by atoms with Gasteiger partial charge in [0.2, 0.25) is 5.78 Å². The molecule has 6 rings (SSSR count). The van der Waals surface area contributed by atoms with Crippen molar-refractivity contribution < 1.29 is 34.0 Å². The summed E-state index contributed by atoms with van der Waals surface area (Å²) in [7, 11) is 1.55. The highest BCUT2D eigenvalue weighted by molar-refractivity contribution is 6.12. The molecule has 1 aromatic carbocycles. The largest absolute Gasteiger partial charge is 0.507 e. The SMILES string of the molecule is C=CC(C)(C)c1c(O)cc(O)c2c1O[C@]13CC4[C@H]([C@@H](OC)C1C2=O)[C@@](CC=C(C)C)(OC4(C)C)C3=O. The fraction of sp³-hybridized carbons (Fsp3) is 0.586. The molecule has 6 atom stereocenters. The average Bonchev–Trinajstić information content (AvgIpc) is 2.98. The van der Waals surface area contributed by atoms with E-state index in [1.807, 2.05) is 47.6 Å². The quantitative estimate of drug-likeness (QED) is 0.573. The minimum atomic E-state index is -1.54. The zero-order valence-corrected chi connectivity index (χ0v) is 22.1. The Balaban J connectivity index is 1.81. The minimum Gasteiger partial charge on any atom is -0.507 e. The fourth-order valence-electron chi connectivity index (χ4n) is 7.41. The summed E-state index contributed by atoms with van der Waals surface area (Å²) in [6.45, 7) is 15.5. The number of ether oxygens (including phenoxy) is 3. The Labute approximate surface area is 212 Å². The standard InChI is InChI=1S/C29H36O7/c1-9-26(4,5)20-17(31)12-16(30)18-22(32)21-24(34-8)19-15-13-29(21,35-23(18)20)25(33)28(19,11-10-14(2)3)36-27(15,6)7/h9-10,12,15,19,21,24,30-31H,1,11,13H2,2-8H3/t15?,19-,21?,24-,28-,29-/m1/s1. The first kappa shape index (κ1) is 25.0. The van der Waals surface area contributed by atoms with Gasteiger partial charge in [-0.3, -0.25) is 9.59 Å². The summed E-state index contributed by atoms with van der Waals surface area (Å²) in [5, 5.41) is 21.7. The van der Waals surface area contributed by atoms with Crippen LogP contribution in [0.5, 0.6) is 17.2 Å². The molecule has 0 radical (unpaired) electrons. The predicted octanol–water partition coefficient (Wildman–Crippen LogP) is 4.63. The number of fused-ring (bicyclic) bond motifs is 1. The normalized spacial score (nSPS) is 35.6. The third-order valence-electron chi connectivity index (χ3n) is 9.08. The van der Waals surface area contributed by atoms with Gasteiger partial charge in [-0.1, -0.05) is 31.6 Å². The molecule has 7 nitrogen and oxygen atoms in total. The maximum atomic E-state index is 14.6. The number of carbonyl (C=O) groups is 2. The predicted molar refractivity (Wildman–Crippen MR) is 134 cm³/mol. The van der Waals surface area contributed by atoms with E-state index in [9.17, 15) is 19.8 Å². The maximum absolute atomic E-state index is 14.6. The summed E-state index contributed by atoms with van der Waals surface area (Å²) in [6, 6.07) is 1.16. The summed E-state index contributed by atoms with van der Waals surface area (Å²) in [5.41, 5.74) is -2.85. The van der Waals surface area contributed by atoms with Gasteiger partial charge in [0.15, 0.2) is 11.4 Å². The highest BCUT2D eigenvalue weighted by atomic mass is 16.6. The molecule has 0 aromatic heterocycles. The Morgan fingerprint density at radius 2 is 1.92 bits per heavy atom. The number of aromatic hydroxyl groups is 2. The molecule has 0 amide bonds. The minimum absolute atomic E-state index is 0.0263. The van der Waals surface area contributed by atoms with Crippen LogP contribution in [-0.2, 0) is 19.7 Å². The smallest absolute Gasteiger partial charge is 0.209 e. The third-order valence-corrected chi connectivity index (χ3v) is 9.08. The van der Waals surface area contributed by atoms with E-state index in [0.29, 0.717) is 18.4 Å². The highest BCUT2D eigenvalue weighted by Crippen LogP contribution is 2.68. The second-order valence-electron chi connectivity index (χ2n) is 12.2. The molecule has 1 aromatic rings. The molecular formula is C29H36O7. The van der Waals surface area contributed by atoms with Gasteiger partial charge in [0.05, 0.1) is 17.6 Å². The van der Waals surface area contributed by atoms with E-state index in [4.69, 9.17) is 14.2 Å². The van der Waals surface area contributed by atoms with Crippen molar-refractivity contribution in [2.75, 3.05) is 7.11 Å². The van der Waals surface area contributed by atoms with Crippen LogP contribution in [0.3, 0.4) is 0 Å². The molecule has 1 saturated heterocycles. The molecule has 3 saturated carbocycles. The molecule has 194 valence electrons. The number of Topliss-reactive ketones (excluding diaryl/α,β-unsaturated/α-hetero) is 2. The molecule has 1 spiro atoms. The van der Waals surface area contributed by atoms with Gasteiger partial charge < -0.3 is 24.4 Å². The molecule has 4 fully saturated rings. The maximum Gasteiger partial charge on any atom is 0.209 e. The van der Waals surface area contributed by atoms with Crippen LogP contribution in [-0.4, -0.2) is 51.8 Å². The fourth-order valence-corrected chi connectivity index (χ4v) is 7.41. The lowest BCUT2D eigenvalue weighted by Crippen LogP contribution is -2.78. The average molecular weight is 497 g/mol. The second-order valence-corrected chi connectivity index (χ2v) is 12.2. The molecule has 2 N–H and O–H groups in total. The van der Waals surface area contributed by atoms with Crippen molar-refractivity contribution >= 4 is 11.6 Å². The monoisotopic (exact) mass is 496 g/mol. The van der Waals surface area contributed by atoms with Crippen molar-refractivity contribution in [3.05, 3.63) is 41.5 Å². The number of hydrogen-bond donors (Lipinski definition) is 2. The van der Waals surface area contributed by atoms with E-state index >= 15 is 0 Å². The lowest BCUT2D eigenvalue weighted by atomic mass is 9.47. The molecule has 36 heavy (non-hydrogen) atoms. The van der Waals surface area contributed by atoms with Gasteiger partial charge in [-0.2, -0.15) is 0 Å². The zero-order valence-electron chi connectivity index (χ0n) is 22.1. The summed E-state index contributed by atoms with van der Waals surface area (Å²) < 4.78 is 19.3. The van der Waals surface area contributed by atoms with E-state index < -0.39 is 40.0 Å². The summed E-state index contributed by atoms with van der Waals surface area (Å²) in [5.74, 6) is -2.61. The van der Waals surface area contributed by atoms with Gasteiger partial charge >= 0.3 is 0 Å². The van der Waals surface area contributed by atoms with Gasteiger partial charge in [-0.15, -0.1) is 6.58 Å². The van der Waals surface area contributed by atoms with Gasteiger partial charge in [-0.05, 0) is 27.7 Å². The summed E-state index contributed by atoms with van der Waals surface area (Å²) in [4.78, 5) is 28.8. The molecule has 2 unspecified atom stereocenters. The number of benzene rings is 1. The van der Waals surface area contributed by atoms with Gasteiger partial charge in [0.1, 0.15) is 28.4 Å². The van der Waals surface area contributed by atoms with E-state index in [1.165, 1.54) is 0 Å². The zero-order chi connectivity index (χ0) is 26.6. The van der Waals surface area contributed by atoms with Gasteiger partial charge in [0.25, 0.3) is 0 Å². The Bertz CT molecular complexity index is 1220. The first-order valence-electron chi connectivity index (χ1n) is 12.6. The van der Waals surface area contributed by atoms with E-state index in [0.717, 1.165) is 11.6 Å². The first-order valence-corrected chi connectivity index (χ1v) is 12.6. The lowest BCUT2D eigenvalue weighted by molar-refractivity contribution is -0.211. The first-order chi connectivity index (χ1) is 16.7. The van der Waals surface area contributed by atoms with E-state index in [-0.39, 0.29) is 40.4 Å². The van der Waals surface area contributed by atoms with E-state index in [1.54, 1.807) is 13.2 Å². The molecule has 5 aliphatic rings. The van der Waals surface area contributed by atoms with Crippen LogP contribution in [0, 0.1) is 17.8 Å². The van der Waals surface area contributed by atoms with Crippen molar-refractivity contribution in [2.24, 2.45) is 17.8 Å². The Kier molecular flexibility index (Phi) is 5.18. The van der Waals surface area contributed by atoms with Gasteiger partial charge in [0, 0.05) is 48.8 Å². The number of phenolic OH excluding ortho intramolecular Hbond substituents is 2. The number of methoxy groups -OCH3 is 1. The third kappa shape index (κ3) is 2.87. The molecule has 4 bridgehead atoms. The highest BCUT2D eigenvalue weighted by Gasteiger charge is 2.82. The number of allylic oxidation sites excluding steroid dienone is 2. The van der Waals surface area contributed by atoms with Crippen molar-refractivity contribution in [2.45, 2.75) is 82.7 Å². The van der Waals surface area contributed by atoms with Crippen molar-refractivity contribution in [3.8, 4) is 17.2 Å². The molecule has 7 heteroatoms. The van der Waals surface area contributed by atoms with Crippen LogP contribution >= 0.6 is 0 Å². The van der Waals surface area contributed by atoms with Crippen LogP contribution in [0.15, 0.2) is 30.4 Å². The number of rotatable bonds is 5. The topological polar surface area (TPSA) is 102 Å². The van der Waals surface area contributed by atoms with Crippen LogP contribution in [0.25, 0.3) is 0 Å². The van der Waals surface area contributed by atoms with Crippen LogP contribution < -0.4 is 4.74 Å².